The van der Waals surface area contributed by atoms with E-state index in [2.05, 4.69) is 10.3 Å². The minimum absolute atomic E-state index is 0.148. The smallest absolute Gasteiger partial charge is 0.418 e. The third kappa shape index (κ3) is 7.16. The molecule has 36 heavy (non-hydrogen) atoms. The lowest BCUT2D eigenvalue weighted by Crippen LogP contribution is -2.56. The van der Waals surface area contributed by atoms with Gasteiger partial charge in [0.25, 0.3) is 5.56 Å². The summed E-state index contributed by atoms with van der Waals surface area (Å²) in [4.78, 5) is 55.2. The standard InChI is InChI=1S/C26H35N5O5/c1-26(2,3)36-25(35)31(19-8-6-5-7-9-19)24(34)29-20(23(27)33)14-17-10-12-18(13-11-17)21-16-30(4)22(32)15-28-21/h10-13,15-16,19-20H,5-9,14H2,1-4H3,(H2,27,33)(H,29,34). The number of primary amides is 1. The molecule has 10 nitrogen and oxygen atoms in total. The first kappa shape index (κ1) is 26.9. The lowest BCUT2D eigenvalue weighted by Gasteiger charge is -2.34. The molecule has 1 saturated carbocycles. The Bertz CT molecular complexity index is 1150. The third-order valence-electron chi connectivity index (χ3n) is 6.06. The fourth-order valence-electron chi connectivity index (χ4n) is 4.18. The number of nitrogens with two attached hydrogens (primary N) is 1. The lowest BCUT2D eigenvalue weighted by molar-refractivity contribution is -0.119. The molecule has 1 fully saturated rings. The number of carbonyl (C=O) groups is 3. The van der Waals surface area contributed by atoms with E-state index in [1.165, 1.54) is 10.8 Å². The van der Waals surface area contributed by atoms with Gasteiger partial charge in [0.05, 0.1) is 11.9 Å². The highest BCUT2D eigenvalue weighted by atomic mass is 16.6. The van der Waals surface area contributed by atoms with E-state index in [1.54, 1.807) is 46.1 Å². The van der Waals surface area contributed by atoms with E-state index >= 15 is 0 Å². The molecule has 0 radical (unpaired) electrons. The van der Waals surface area contributed by atoms with Crippen molar-refractivity contribution in [3.8, 4) is 11.3 Å². The highest BCUT2D eigenvalue weighted by Crippen LogP contribution is 2.25. The Morgan fingerprint density at radius 2 is 1.81 bits per heavy atom. The van der Waals surface area contributed by atoms with Gasteiger partial charge in [-0.2, -0.15) is 0 Å². The molecule has 1 atom stereocenters. The van der Waals surface area contributed by atoms with Crippen molar-refractivity contribution in [1.82, 2.24) is 19.8 Å². The Labute approximate surface area is 210 Å². The highest BCUT2D eigenvalue weighted by molar-refractivity contribution is 5.94. The number of aromatic nitrogens is 2. The number of benzene rings is 1. The summed E-state index contributed by atoms with van der Waals surface area (Å²) < 4.78 is 6.93. The summed E-state index contributed by atoms with van der Waals surface area (Å²) in [6, 6.07) is 5.23. The Morgan fingerprint density at radius 3 is 2.36 bits per heavy atom. The van der Waals surface area contributed by atoms with Crippen LogP contribution in [0.15, 0.2) is 41.5 Å². The van der Waals surface area contributed by atoms with Gasteiger partial charge in [-0.05, 0) is 39.2 Å². The van der Waals surface area contributed by atoms with Crippen LogP contribution in [0.4, 0.5) is 9.59 Å². The quantitative estimate of drug-likeness (QED) is 0.629. The topological polar surface area (TPSA) is 137 Å². The summed E-state index contributed by atoms with van der Waals surface area (Å²) in [6.07, 6.45) is 6.56. The number of hydrogen-bond donors (Lipinski definition) is 2. The van der Waals surface area contributed by atoms with Gasteiger partial charge in [0.15, 0.2) is 0 Å². The normalized spacial score (nSPS) is 15.1. The molecule has 0 aliphatic heterocycles. The SMILES string of the molecule is Cn1cc(-c2ccc(CC(NC(=O)N(C(=O)OC(C)(C)C)C3CCCCC3)C(N)=O)cc2)ncc1=O. The van der Waals surface area contributed by atoms with Gasteiger partial charge in [-0.15, -0.1) is 0 Å². The molecule has 0 saturated heterocycles. The summed E-state index contributed by atoms with van der Waals surface area (Å²) in [7, 11) is 1.65. The van der Waals surface area contributed by atoms with Crippen LogP contribution >= 0.6 is 0 Å². The number of nitrogens with zero attached hydrogens (tertiary/aromatic N) is 3. The number of hydrogen-bond acceptors (Lipinski definition) is 6. The van der Waals surface area contributed by atoms with Crippen molar-refractivity contribution in [2.45, 2.75) is 77.0 Å². The van der Waals surface area contributed by atoms with E-state index in [1.807, 2.05) is 12.1 Å². The monoisotopic (exact) mass is 497 g/mol. The number of rotatable bonds is 6. The number of imide groups is 1. The van der Waals surface area contributed by atoms with E-state index in [-0.39, 0.29) is 18.0 Å². The van der Waals surface area contributed by atoms with Crippen LogP contribution in [-0.2, 0) is 23.0 Å². The van der Waals surface area contributed by atoms with Crippen LogP contribution in [-0.4, -0.2) is 50.2 Å². The van der Waals surface area contributed by atoms with Crippen molar-refractivity contribution in [2.24, 2.45) is 12.8 Å². The molecule has 3 N–H and O–H groups in total. The molecule has 1 aliphatic rings. The number of aryl methyl sites for hydroxylation is 1. The van der Waals surface area contributed by atoms with E-state index in [9.17, 15) is 19.2 Å². The lowest BCUT2D eigenvalue weighted by atomic mass is 9.94. The zero-order valence-corrected chi connectivity index (χ0v) is 21.3. The van der Waals surface area contributed by atoms with E-state index < -0.39 is 29.7 Å². The number of ether oxygens (including phenoxy) is 1. The largest absolute Gasteiger partial charge is 0.443 e. The van der Waals surface area contributed by atoms with Crippen molar-refractivity contribution >= 4 is 18.0 Å². The van der Waals surface area contributed by atoms with Crippen LogP contribution in [0.3, 0.4) is 0 Å². The molecule has 1 unspecified atom stereocenters. The zero-order chi connectivity index (χ0) is 26.5. The van der Waals surface area contributed by atoms with Crippen molar-refractivity contribution in [2.75, 3.05) is 0 Å². The fraction of sp³-hybridized carbons (Fsp3) is 0.500. The summed E-state index contributed by atoms with van der Waals surface area (Å²) in [6.45, 7) is 5.22. The first-order valence-corrected chi connectivity index (χ1v) is 12.2. The van der Waals surface area contributed by atoms with Crippen LogP contribution in [0.5, 0.6) is 0 Å². The first-order valence-electron chi connectivity index (χ1n) is 12.2. The maximum absolute atomic E-state index is 13.2. The number of nitrogens with one attached hydrogen (secondary N) is 1. The van der Waals surface area contributed by atoms with Crippen molar-refractivity contribution < 1.29 is 19.1 Å². The first-order chi connectivity index (χ1) is 16.9. The van der Waals surface area contributed by atoms with Gasteiger partial charge in [0.2, 0.25) is 5.91 Å². The van der Waals surface area contributed by atoms with Gasteiger partial charge in [0, 0.05) is 31.3 Å². The van der Waals surface area contributed by atoms with E-state index in [0.29, 0.717) is 18.5 Å². The molecule has 4 amide bonds. The summed E-state index contributed by atoms with van der Waals surface area (Å²) >= 11 is 0. The van der Waals surface area contributed by atoms with Gasteiger partial charge in [-0.3, -0.25) is 9.59 Å². The van der Waals surface area contributed by atoms with E-state index in [0.717, 1.165) is 35.3 Å². The third-order valence-corrected chi connectivity index (χ3v) is 6.06. The van der Waals surface area contributed by atoms with Gasteiger partial charge in [-0.1, -0.05) is 43.5 Å². The maximum atomic E-state index is 13.2. The van der Waals surface area contributed by atoms with Crippen LogP contribution in [0.1, 0.15) is 58.4 Å². The molecule has 1 aliphatic carbocycles. The number of urea groups is 1. The van der Waals surface area contributed by atoms with Crippen molar-refractivity contribution in [3.05, 3.63) is 52.6 Å². The van der Waals surface area contributed by atoms with E-state index in [4.69, 9.17) is 10.5 Å². The van der Waals surface area contributed by atoms with Crippen molar-refractivity contribution in [1.29, 1.82) is 0 Å². The minimum atomic E-state index is -1.02. The van der Waals surface area contributed by atoms with Gasteiger partial charge >= 0.3 is 12.1 Å². The molecule has 10 heteroatoms. The Balaban J connectivity index is 1.75. The Hall–Kier alpha value is -3.69. The van der Waals surface area contributed by atoms with Crippen LogP contribution < -0.4 is 16.6 Å². The second-order valence-electron chi connectivity index (χ2n) is 10.2. The van der Waals surface area contributed by atoms with Crippen molar-refractivity contribution in [3.63, 3.8) is 0 Å². The summed E-state index contributed by atoms with van der Waals surface area (Å²) in [5.74, 6) is -0.708. The molecule has 1 aromatic heterocycles. The minimum Gasteiger partial charge on any atom is -0.443 e. The molecular weight excluding hydrogens is 462 g/mol. The van der Waals surface area contributed by atoms with Crippen LogP contribution in [0.25, 0.3) is 11.3 Å². The number of amides is 4. The molecule has 0 spiro atoms. The van der Waals surface area contributed by atoms with Crippen LogP contribution in [0, 0.1) is 0 Å². The molecule has 194 valence electrons. The fourth-order valence-corrected chi connectivity index (χ4v) is 4.18. The summed E-state index contributed by atoms with van der Waals surface area (Å²) in [5, 5.41) is 2.65. The zero-order valence-electron chi connectivity index (χ0n) is 21.3. The second kappa shape index (κ2) is 11.4. The molecule has 2 aromatic rings. The molecule has 0 bridgehead atoms. The summed E-state index contributed by atoms with van der Waals surface area (Å²) in [5.41, 5.74) is 6.82. The predicted octanol–water partition coefficient (Wildman–Crippen LogP) is 3.12. The average Bonchev–Trinajstić information content (AvgIpc) is 2.80. The molecular formula is C26H35N5O5. The molecule has 3 rings (SSSR count). The molecule has 1 aromatic carbocycles. The average molecular weight is 498 g/mol. The Morgan fingerprint density at radius 1 is 1.17 bits per heavy atom. The maximum Gasteiger partial charge on any atom is 0.418 e. The predicted molar refractivity (Wildman–Crippen MR) is 135 cm³/mol. The van der Waals surface area contributed by atoms with Gasteiger partial charge < -0.3 is 20.4 Å². The van der Waals surface area contributed by atoms with Crippen LogP contribution in [0.2, 0.25) is 0 Å². The van der Waals surface area contributed by atoms with Gasteiger partial charge in [0.1, 0.15) is 11.6 Å². The molecule has 1 heterocycles. The van der Waals surface area contributed by atoms with Gasteiger partial charge in [-0.25, -0.2) is 19.5 Å². The Kier molecular flexibility index (Phi) is 8.49. The highest BCUT2D eigenvalue weighted by Gasteiger charge is 2.35. The number of carbonyl (C=O) groups excluding carboxylic acids is 3. The second-order valence-corrected chi connectivity index (χ2v) is 10.2.